The normalized spacial score (nSPS) is 18.7. The number of hydrogen-bond acceptors (Lipinski definition) is 4. The van der Waals surface area contributed by atoms with Gasteiger partial charge >= 0.3 is 0 Å². The summed E-state index contributed by atoms with van der Waals surface area (Å²) >= 11 is 8.23. The largest absolute Gasteiger partial charge is 0.306 e. The number of likely N-dealkylation sites (N-methyl/N-ethyl adjacent to an activating group) is 1. The van der Waals surface area contributed by atoms with Crippen LogP contribution in [0.25, 0.3) is 4.91 Å². The van der Waals surface area contributed by atoms with E-state index in [4.69, 9.17) is 11.6 Å². The van der Waals surface area contributed by atoms with Gasteiger partial charge in [-0.1, -0.05) is 65.8 Å². The smallest absolute Gasteiger partial charge is 0.270 e. The van der Waals surface area contributed by atoms with Crippen molar-refractivity contribution in [2.75, 3.05) is 51.2 Å². The number of carbonyl (C=O) groups is 1. The molecule has 2 aliphatic heterocycles. The maximum absolute atomic E-state index is 13.3. The molecule has 1 fully saturated rings. The Morgan fingerprint density at radius 3 is 2.38 bits per heavy atom. The van der Waals surface area contributed by atoms with Gasteiger partial charge in [0.1, 0.15) is 5.03 Å². The van der Waals surface area contributed by atoms with E-state index < -0.39 is 0 Å². The first-order chi connectivity index (χ1) is 14.1. The Morgan fingerprint density at radius 1 is 0.931 bits per heavy atom. The zero-order valence-corrected chi connectivity index (χ0v) is 18.3. The second kappa shape index (κ2) is 9.35. The Bertz CT molecular complexity index is 894. The summed E-state index contributed by atoms with van der Waals surface area (Å²) in [5.74, 6) is -0.110. The predicted octanol–water partition coefficient (Wildman–Crippen LogP) is 4.37. The number of thioether (sulfide) groups is 1. The Labute approximate surface area is 182 Å². The first-order valence-corrected chi connectivity index (χ1v) is 11.3. The second-order valence-corrected chi connectivity index (χ2v) is 8.96. The second-order valence-electron chi connectivity index (χ2n) is 7.53. The lowest BCUT2D eigenvalue weighted by Gasteiger charge is -2.33. The van der Waals surface area contributed by atoms with E-state index in [9.17, 15) is 4.79 Å². The van der Waals surface area contributed by atoms with E-state index in [1.54, 1.807) is 11.8 Å². The maximum Gasteiger partial charge on any atom is 0.270 e. The van der Waals surface area contributed by atoms with Crippen molar-refractivity contribution in [3.8, 4) is 0 Å². The lowest BCUT2D eigenvalue weighted by atomic mass is 10.2. The number of piperazine rings is 1. The van der Waals surface area contributed by atoms with Gasteiger partial charge in [0.15, 0.2) is 0 Å². The molecule has 0 atom stereocenters. The summed E-state index contributed by atoms with van der Waals surface area (Å²) in [6.07, 6.45) is 0.930. The van der Waals surface area contributed by atoms with Gasteiger partial charge in [0.25, 0.3) is 5.91 Å². The van der Waals surface area contributed by atoms with E-state index in [1.165, 1.54) is 0 Å². The van der Waals surface area contributed by atoms with E-state index in [0.29, 0.717) is 11.6 Å². The van der Waals surface area contributed by atoms with E-state index in [0.717, 1.165) is 60.2 Å². The van der Waals surface area contributed by atoms with Crippen molar-refractivity contribution < 1.29 is 4.79 Å². The first-order valence-electron chi connectivity index (χ1n) is 10.1. The molecule has 0 spiro atoms. The van der Waals surface area contributed by atoms with Gasteiger partial charge < -0.3 is 14.7 Å². The molecule has 29 heavy (non-hydrogen) atoms. The Hall–Kier alpha value is -1.79. The Balaban J connectivity index is 1.55. The molecule has 2 aromatic carbocycles. The summed E-state index contributed by atoms with van der Waals surface area (Å²) in [5, 5.41) is 0.303. The van der Waals surface area contributed by atoms with Gasteiger partial charge in [-0.15, -0.1) is 0 Å². The number of para-hydroxylation sites is 1. The average Bonchev–Trinajstić information content (AvgIpc) is 2.86. The minimum Gasteiger partial charge on any atom is -0.306 e. The van der Waals surface area contributed by atoms with E-state index in [2.05, 4.69) is 22.9 Å². The average molecular weight is 428 g/mol. The quantitative estimate of drug-likeness (QED) is 0.707. The van der Waals surface area contributed by atoms with Crippen LogP contribution in [0.4, 0.5) is 5.69 Å². The fourth-order valence-corrected chi connectivity index (χ4v) is 5.17. The first kappa shape index (κ1) is 20.5. The molecule has 0 radical (unpaired) electrons. The fourth-order valence-electron chi connectivity index (χ4n) is 3.77. The molecule has 2 heterocycles. The highest BCUT2D eigenvalue weighted by molar-refractivity contribution is 8.08. The fraction of sp³-hybridized carbons (Fsp3) is 0.348. The Kier molecular flexibility index (Phi) is 6.60. The van der Waals surface area contributed by atoms with Gasteiger partial charge in [0, 0.05) is 42.5 Å². The molecule has 2 aromatic rings. The molecule has 4 nitrogen and oxygen atoms in total. The number of carbonyl (C=O) groups excluding carboxylic acids is 1. The lowest BCUT2D eigenvalue weighted by Crippen LogP contribution is -2.45. The van der Waals surface area contributed by atoms with Crippen molar-refractivity contribution in [1.82, 2.24) is 9.80 Å². The van der Waals surface area contributed by atoms with Crippen LogP contribution in [0.2, 0.25) is 0 Å². The summed E-state index contributed by atoms with van der Waals surface area (Å²) in [7, 11) is 2.17. The summed E-state index contributed by atoms with van der Waals surface area (Å²) in [4.78, 5) is 21.9. The summed E-state index contributed by atoms with van der Waals surface area (Å²) in [6, 6.07) is 18.0. The zero-order valence-electron chi connectivity index (χ0n) is 16.7. The lowest BCUT2D eigenvalue weighted by molar-refractivity contribution is -0.114. The summed E-state index contributed by atoms with van der Waals surface area (Å²) in [5.41, 5.74) is 1.93. The van der Waals surface area contributed by atoms with Crippen LogP contribution in [0.1, 0.15) is 12.0 Å². The number of amides is 1. The van der Waals surface area contributed by atoms with Crippen molar-refractivity contribution in [3.63, 3.8) is 0 Å². The molecule has 0 unspecified atom stereocenters. The minimum atomic E-state index is -0.110. The molecule has 6 heteroatoms. The third-order valence-corrected chi connectivity index (χ3v) is 7.16. The number of nitrogens with zero attached hydrogens (tertiary/aromatic N) is 3. The van der Waals surface area contributed by atoms with Crippen molar-refractivity contribution >= 4 is 39.9 Å². The van der Waals surface area contributed by atoms with Crippen LogP contribution in [-0.2, 0) is 4.79 Å². The molecule has 152 valence electrons. The molecule has 4 rings (SSSR count). The molecule has 0 aliphatic carbocycles. The predicted molar refractivity (Wildman–Crippen MR) is 122 cm³/mol. The van der Waals surface area contributed by atoms with E-state index in [1.807, 2.05) is 53.4 Å². The highest BCUT2D eigenvalue weighted by atomic mass is 35.5. The minimum absolute atomic E-state index is 0.110. The Morgan fingerprint density at radius 2 is 1.62 bits per heavy atom. The van der Waals surface area contributed by atoms with Crippen LogP contribution in [0.5, 0.6) is 0 Å². The number of fused-ring (bicyclic) bond motifs is 1. The van der Waals surface area contributed by atoms with Crippen LogP contribution in [0, 0.1) is 0 Å². The van der Waals surface area contributed by atoms with Crippen LogP contribution in [0.3, 0.4) is 0 Å². The standard InChI is InChI=1S/C23H26ClN3OS/c1-25-14-16-26(17-15-25)12-7-13-27-19-10-5-6-11-20(19)29-22(21(24)23(27)28)18-8-3-2-4-9-18/h2-6,8-11H,7,12-17H2,1H3. The zero-order chi connectivity index (χ0) is 20.2. The maximum atomic E-state index is 13.3. The van der Waals surface area contributed by atoms with Crippen LogP contribution in [0.15, 0.2) is 64.5 Å². The number of halogens is 1. The molecule has 0 N–H and O–H groups in total. The molecule has 0 aromatic heterocycles. The number of anilines is 1. The van der Waals surface area contributed by atoms with E-state index in [-0.39, 0.29) is 5.91 Å². The summed E-state index contributed by atoms with van der Waals surface area (Å²) < 4.78 is 0. The highest BCUT2D eigenvalue weighted by Crippen LogP contribution is 2.45. The molecular formula is C23H26ClN3OS. The van der Waals surface area contributed by atoms with Gasteiger partial charge in [0.05, 0.1) is 5.69 Å². The summed E-state index contributed by atoms with van der Waals surface area (Å²) in [6.45, 7) is 6.07. The SMILES string of the molecule is CN1CCN(CCCN2C(=O)C(Cl)=C(c3ccccc3)Sc3ccccc32)CC1. The highest BCUT2D eigenvalue weighted by Gasteiger charge is 2.29. The molecule has 1 amide bonds. The van der Waals surface area contributed by atoms with Gasteiger partial charge in [-0.2, -0.15) is 0 Å². The van der Waals surface area contributed by atoms with Crippen molar-refractivity contribution in [3.05, 3.63) is 65.2 Å². The third kappa shape index (κ3) is 4.69. The third-order valence-electron chi connectivity index (χ3n) is 5.49. The molecule has 1 saturated heterocycles. The van der Waals surface area contributed by atoms with Crippen molar-refractivity contribution in [2.24, 2.45) is 0 Å². The van der Waals surface area contributed by atoms with Crippen LogP contribution < -0.4 is 4.90 Å². The van der Waals surface area contributed by atoms with E-state index >= 15 is 0 Å². The topological polar surface area (TPSA) is 26.8 Å². The molecule has 0 saturated carbocycles. The molecule has 0 bridgehead atoms. The van der Waals surface area contributed by atoms with Gasteiger partial charge in [0.2, 0.25) is 0 Å². The molecular weight excluding hydrogens is 402 g/mol. The van der Waals surface area contributed by atoms with Crippen molar-refractivity contribution in [1.29, 1.82) is 0 Å². The molecule has 2 aliphatic rings. The van der Waals surface area contributed by atoms with Crippen molar-refractivity contribution in [2.45, 2.75) is 11.3 Å². The van der Waals surface area contributed by atoms with Gasteiger partial charge in [-0.05, 0) is 37.7 Å². The van der Waals surface area contributed by atoms with Gasteiger partial charge in [-0.3, -0.25) is 4.79 Å². The number of rotatable bonds is 5. The van der Waals surface area contributed by atoms with Gasteiger partial charge in [-0.25, -0.2) is 0 Å². The number of benzene rings is 2. The van der Waals surface area contributed by atoms with Crippen LogP contribution in [-0.4, -0.2) is 62.0 Å². The number of hydrogen-bond donors (Lipinski definition) is 0. The monoisotopic (exact) mass is 427 g/mol. The van der Waals surface area contributed by atoms with Crippen LogP contribution >= 0.6 is 23.4 Å².